The number of anilines is 1. The standard InChI is InChI=1S/C36H38F3N3O4S/c1-3-4-22-40-35(44)33(23-28-15-7-5-8-16-28)41(25-29-17-12-11-14-27(29)2)34(43)26-42(47(45,46)32-20-9-6-10-21-32)31-19-13-18-30(24-31)36(37,38)39/h5-21,24,33H,3-4,22-23,25-26H2,1-2H3,(H,40,44)/t33-/m0/s1. The Kier molecular flexibility index (Phi) is 11.8. The van der Waals surface area contributed by atoms with Gasteiger partial charge in [-0.1, -0.05) is 92.2 Å². The Hall–Kier alpha value is -4.64. The lowest BCUT2D eigenvalue weighted by Gasteiger charge is -2.34. The number of benzene rings is 4. The third kappa shape index (κ3) is 9.22. The molecule has 0 unspecified atom stereocenters. The summed E-state index contributed by atoms with van der Waals surface area (Å²) >= 11 is 0. The molecule has 1 N–H and O–H groups in total. The molecule has 0 aromatic heterocycles. The van der Waals surface area contributed by atoms with Crippen molar-refractivity contribution in [2.24, 2.45) is 0 Å². The summed E-state index contributed by atoms with van der Waals surface area (Å²) in [5.74, 6) is -1.17. The van der Waals surface area contributed by atoms with Crippen LogP contribution in [0.2, 0.25) is 0 Å². The minimum absolute atomic E-state index is 0.0357. The number of hydrogen-bond donors (Lipinski definition) is 1. The van der Waals surface area contributed by atoms with Crippen LogP contribution in [0.4, 0.5) is 18.9 Å². The quantitative estimate of drug-likeness (QED) is 0.151. The average molecular weight is 666 g/mol. The van der Waals surface area contributed by atoms with E-state index in [9.17, 15) is 31.2 Å². The van der Waals surface area contributed by atoms with Crippen LogP contribution in [0.15, 0.2) is 114 Å². The minimum Gasteiger partial charge on any atom is -0.354 e. The van der Waals surface area contributed by atoms with Crippen LogP contribution < -0.4 is 9.62 Å². The van der Waals surface area contributed by atoms with E-state index in [1.54, 1.807) is 12.1 Å². The topological polar surface area (TPSA) is 86.8 Å². The maximum Gasteiger partial charge on any atom is 0.416 e. The molecule has 0 saturated heterocycles. The maximum atomic E-state index is 14.5. The highest BCUT2D eigenvalue weighted by Gasteiger charge is 2.36. The second-order valence-corrected chi connectivity index (χ2v) is 13.0. The first-order valence-electron chi connectivity index (χ1n) is 15.3. The summed E-state index contributed by atoms with van der Waals surface area (Å²) in [6.07, 6.45) is -3.07. The third-order valence-electron chi connectivity index (χ3n) is 7.77. The Morgan fingerprint density at radius 1 is 0.851 bits per heavy atom. The lowest BCUT2D eigenvalue weighted by Crippen LogP contribution is -2.53. The van der Waals surface area contributed by atoms with Crippen molar-refractivity contribution >= 4 is 27.5 Å². The number of unbranched alkanes of at least 4 members (excludes halogenated alkanes) is 1. The van der Waals surface area contributed by atoms with Gasteiger partial charge < -0.3 is 10.2 Å². The van der Waals surface area contributed by atoms with Gasteiger partial charge in [0.25, 0.3) is 10.0 Å². The van der Waals surface area contributed by atoms with Crippen molar-refractivity contribution in [3.8, 4) is 0 Å². The molecule has 4 aromatic rings. The van der Waals surface area contributed by atoms with Gasteiger partial charge in [0, 0.05) is 19.5 Å². The van der Waals surface area contributed by atoms with Gasteiger partial charge >= 0.3 is 6.18 Å². The molecule has 4 rings (SSSR count). The van der Waals surface area contributed by atoms with Crippen LogP contribution in [-0.2, 0) is 38.8 Å². The van der Waals surface area contributed by atoms with Crippen molar-refractivity contribution in [2.75, 3.05) is 17.4 Å². The van der Waals surface area contributed by atoms with E-state index in [0.29, 0.717) is 23.3 Å². The smallest absolute Gasteiger partial charge is 0.354 e. The zero-order chi connectivity index (χ0) is 34.0. The summed E-state index contributed by atoms with van der Waals surface area (Å²) in [6.45, 7) is 3.34. The summed E-state index contributed by atoms with van der Waals surface area (Å²) < 4.78 is 70.0. The molecular weight excluding hydrogens is 627 g/mol. The molecule has 0 saturated carbocycles. The second kappa shape index (κ2) is 15.8. The van der Waals surface area contributed by atoms with Gasteiger partial charge in [0.15, 0.2) is 0 Å². The number of nitrogens with one attached hydrogen (secondary N) is 1. The number of hydrogen-bond acceptors (Lipinski definition) is 4. The van der Waals surface area contributed by atoms with Crippen molar-refractivity contribution < 1.29 is 31.2 Å². The van der Waals surface area contributed by atoms with Crippen LogP contribution >= 0.6 is 0 Å². The number of amides is 2. The van der Waals surface area contributed by atoms with Crippen LogP contribution in [0.3, 0.4) is 0 Å². The predicted octanol–water partition coefficient (Wildman–Crippen LogP) is 6.77. The first-order valence-corrected chi connectivity index (χ1v) is 16.8. The highest BCUT2D eigenvalue weighted by Crippen LogP contribution is 2.33. The average Bonchev–Trinajstić information content (AvgIpc) is 3.06. The molecule has 11 heteroatoms. The third-order valence-corrected chi connectivity index (χ3v) is 9.56. The van der Waals surface area contributed by atoms with E-state index in [4.69, 9.17) is 0 Å². The van der Waals surface area contributed by atoms with Gasteiger partial charge in [-0.2, -0.15) is 13.2 Å². The van der Waals surface area contributed by atoms with Gasteiger partial charge in [0.05, 0.1) is 16.1 Å². The fourth-order valence-corrected chi connectivity index (χ4v) is 6.54. The number of alkyl halides is 3. The molecule has 47 heavy (non-hydrogen) atoms. The number of nitrogens with zero attached hydrogens (tertiary/aromatic N) is 2. The number of carbonyl (C=O) groups excluding carboxylic acids is 2. The molecule has 0 aliphatic rings. The van der Waals surface area contributed by atoms with Gasteiger partial charge in [0.1, 0.15) is 12.6 Å². The van der Waals surface area contributed by atoms with E-state index in [1.165, 1.54) is 35.2 Å². The van der Waals surface area contributed by atoms with E-state index in [2.05, 4.69) is 5.32 Å². The molecule has 248 valence electrons. The molecule has 0 aliphatic heterocycles. The van der Waals surface area contributed by atoms with Crippen LogP contribution in [-0.4, -0.2) is 44.3 Å². The molecule has 0 bridgehead atoms. The van der Waals surface area contributed by atoms with Crippen molar-refractivity contribution in [3.05, 3.63) is 131 Å². The summed E-state index contributed by atoms with van der Waals surface area (Å²) in [4.78, 5) is 29.4. The Labute approximate surface area is 274 Å². The summed E-state index contributed by atoms with van der Waals surface area (Å²) in [6, 6.07) is 26.4. The number of aryl methyl sites for hydroxylation is 1. The first-order chi connectivity index (χ1) is 22.4. The van der Waals surface area contributed by atoms with Crippen molar-refractivity contribution in [2.45, 2.75) is 56.8 Å². The second-order valence-electron chi connectivity index (χ2n) is 11.2. The molecule has 0 heterocycles. The number of sulfonamides is 1. The predicted molar refractivity (Wildman–Crippen MR) is 176 cm³/mol. The molecule has 0 fully saturated rings. The molecule has 1 atom stereocenters. The van der Waals surface area contributed by atoms with Crippen molar-refractivity contribution in [3.63, 3.8) is 0 Å². The zero-order valence-corrected chi connectivity index (χ0v) is 27.1. The highest BCUT2D eigenvalue weighted by molar-refractivity contribution is 7.92. The van der Waals surface area contributed by atoms with Gasteiger partial charge in [-0.05, 0) is 60.4 Å². The van der Waals surface area contributed by atoms with Crippen LogP contribution in [0.25, 0.3) is 0 Å². The zero-order valence-electron chi connectivity index (χ0n) is 26.3. The van der Waals surface area contributed by atoms with Crippen molar-refractivity contribution in [1.82, 2.24) is 10.2 Å². The molecule has 0 radical (unpaired) electrons. The van der Waals surface area contributed by atoms with E-state index >= 15 is 0 Å². The van der Waals surface area contributed by atoms with E-state index < -0.39 is 46.2 Å². The van der Waals surface area contributed by atoms with Gasteiger partial charge in [0.2, 0.25) is 11.8 Å². The normalized spacial score (nSPS) is 12.3. The first kappa shape index (κ1) is 35.2. The summed E-state index contributed by atoms with van der Waals surface area (Å²) in [7, 11) is -4.53. The summed E-state index contributed by atoms with van der Waals surface area (Å²) in [5, 5.41) is 2.92. The van der Waals surface area contributed by atoms with E-state index in [-0.39, 0.29) is 23.5 Å². The van der Waals surface area contributed by atoms with Gasteiger partial charge in [-0.25, -0.2) is 8.42 Å². The number of halogens is 3. The van der Waals surface area contributed by atoms with E-state index in [0.717, 1.165) is 35.2 Å². The Morgan fingerprint density at radius 3 is 2.13 bits per heavy atom. The van der Waals surface area contributed by atoms with Crippen LogP contribution in [0.1, 0.15) is 42.0 Å². The van der Waals surface area contributed by atoms with Crippen LogP contribution in [0.5, 0.6) is 0 Å². The van der Waals surface area contributed by atoms with Crippen LogP contribution in [0, 0.1) is 6.92 Å². The SMILES string of the molecule is CCCCNC(=O)[C@H](Cc1ccccc1)N(Cc1ccccc1C)C(=O)CN(c1cccc(C(F)(F)F)c1)S(=O)(=O)c1ccccc1. The Balaban J connectivity index is 1.83. The molecule has 0 aliphatic carbocycles. The largest absolute Gasteiger partial charge is 0.416 e. The van der Waals surface area contributed by atoms with E-state index in [1.807, 2.05) is 62.4 Å². The molecule has 4 aromatic carbocycles. The maximum absolute atomic E-state index is 14.5. The minimum atomic E-state index is -4.75. The Morgan fingerprint density at radius 2 is 1.49 bits per heavy atom. The fraction of sp³-hybridized carbons (Fsp3) is 0.278. The molecule has 2 amide bonds. The van der Waals surface area contributed by atoms with Gasteiger partial charge in [-0.15, -0.1) is 0 Å². The lowest BCUT2D eigenvalue weighted by atomic mass is 10.0. The number of rotatable bonds is 14. The highest BCUT2D eigenvalue weighted by atomic mass is 32.2. The number of carbonyl (C=O) groups is 2. The lowest BCUT2D eigenvalue weighted by molar-refractivity contribution is -0.140. The fourth-order valence-electron chi connectivity index (χ4n) is 5.12. The Bertz CT molecular complexity index is 1750. The molecule has 0 spiro atoms. The molecule has 7 nitrogen and oxygen atoms in total. The molecular formula is C36H38F3N3O4S. The monoisotopic (exact) mass is 665 g/mol. The summed E-state index contributed by atoms with van der Waals surface area (Å²) in [5.41, 5.74) is 0.959. The van der Waals surface area contributed by atoms with Gasteiger partial charge in [-0.3, -0.25) is 13.9 Å². The van der Waals surface area contributed by atoms with Crippen molar-refractivity contribution in [1.29, 1.82) is 0 Å².